The fourth-order valence-electron chi connectivity index (χ4n) is 2.13. The molecule has 4 heteroatoms. The summed E-state index contributed by atoms with van der Waals surface area (Å²) in [7, 11) is 0. The van der Waals surface area contributed by atoms with E-state index in [0.717, 1.165) is 24.6 Å². The van der Waals surface area contributed by atoms with Gasteiger partial charge < -0.3 is 9.88 Å². The van der Waals surface area contributed by atoms with E-state index in [1.165, 1.54) is 19.3 Å². The molecule has 0 atom stereocenters. The van der Waals surface area contributed by atoms with Gasteiger partial charge in [0.2, 0.25) is 0 Å². The van der Waals surface area contributed by atoms with Crippen LogP contribution in [0.4, 0.5) is 5.82 Å². The fraction of sp³-hybridized carbons (Fsp3) is 0.692. The highest BCUT2D eigenvalue weighted by Gasteiger charge is 2.19. The van der Waals surface area contributed by atoms with Gasteiger partial charge in [0.1, 0.15) is 5.82 Å². The smallest absolute Gasteiger partial charge is 0.347 e. The Morgan fingerprint density at radius 1 is 1.24 bits per heavy atom. The third-order valence-electron chi connectivity index (χ3n) is 3.22. The minimum atomic E-state index is -0.238. The minimum Gasteiger partial charge on any atom is -0.356 e. The van der Waals surface area contributed by atoms with Crippen molar-refractivity contribution in [2.45, 2.75) is 45.4 Å². The van der Waals surface area contributed by atoms with Crippen LogP contribution < -0.4 is 10.6 Å². The molecule has 1 aliphatic heterocycles. The van der Waals surface area contributed by atoms with Gasteiger partial charge in [-0.1, -0.05) is 20.8 Å². The molecular weight excluding hydrogens is 214 g/mol. The number of aromatic amines is 1. The summed E-state index contributed by atoms with van der Waals surface area (Å²) in [6.07, 6.45) is 3.67. The van der Waals surface area contributed by atoms with Gasteiger partial charge in [-0.25, -0.2) is 4.79 Å². The lowest BCUT2D eigenvalue weighted by molar-refractivity contribution is 0.552. The summed E-state index contributed by atoms with van der Waals surface area (Å²) in [5, 5.41) is 0. The standard InChI is InChI=1S/C13H21N3O/c1-13(2,3)10-9-11(15-12(17)14-10)16-7-5-4-6-8-16/h9H,4-8H2,1-3H3,(H,14,15,17). The molecule has 1 fully saturated rings. The van der Waals surface area contributed by atoms with Crippen LogP contribution in [0.25, 0.3) is 0 Å². The SMILES string of the molecule is CC(C)(C)c1cc(N2CCCCC2)nc(=O)[nH]1. The van der Waals surface area contributed by atoms with Crippen molar-refractivity contribution in [1.82, 2.24) is 9.97 Å². The first-order valence-corrected chi connectivity index (χ1v) is 6.33. The van der Waals surface area contributed by atoms with Crippen LogP contribution in [0, 0.1) is 0 Å². The average Bonchev–Trinajstić information content (AvgIpc) is 2.28. The molecule has 0 radical (unpaired) electrons. The third-order valence-corrected chi connectivity index (χ3v) is 3.22. The van der Waals surface area contributed by atoms with E-state index in [4.69, 9.17) is 0 Å². The van der Waals surface area contributed by atoms with Gasteiger partial charge in [0, 0.05) is 30.3 Å². The van der Waals surface area contributed by atoms with Crippen molar-refractivity contribution in [1.29, 1.82) is 0 Å². The molecule has 0 spiro atoms. The minimum absolute atomic E-state index is 0.0490. The van der Waals surface area contributed by atoms with Gasteiger partial charge in [-0.3, -0.25) is 0 Å². The van der Waals surface area contributed by atoms with Crippen molar-refractivity contribution in [3.63, 3.8) is 0 Å². The van der Waals surface area contributed by atoms with E-state index in [0.29, 0.717) is 0 Å². The van der Waals surface area contributed by atoms with Gasteiger partial charge in [-0.2, -0.15) is 4.98 Å². The Morgan fingerprint density at radius 2 is 1.88 bits per heavy atom. The van der Waals surface area contributed by atoms with Gasteiger partial charge in [-0.15, -0.1) is 0 Å². The Kier molecular flexibility index (Phi) is 3.22. The largest absolute Gasteiger partial charge is 0.356 e. The monoisotopic (exact) mass is 235 g/mol. The Hall–Kier alpha value is -1.32. The first-order valence-electron chi connectivity index (χ1n) is 6.33. The predicted octanol–water partition coefficient (Wildman–Crippen LogP) is 2.06. The molecule has 2 heterocycles. The summed E-state index contributed by atoms with van der Waals surface area (Å²) < 4.78 is 0. The number of nitrogens with zero attached hydrogens (tertiary/aromatic N) is 2. The van der Waals surface area contributed by atoms with E-state index >= 15 is 0 Å². The van der Waals surface area contributed by atoms with Crippen LogP contribution in [0.1, 0.15) is 45.7 Å². The number of nitrogens with one attached hydrogen (secondary N) is 1. The van der Waals surface area contributed by atoms with Crippen molar-refractivity contribution >= 4 is 5.82 Å². The number of hydrogen-bond acceptors (Lipinski definition) is 3. The Labute approximate surface area is 102 Å². The van der Waals surface area contributed by atoms with Gasteiger partial charge in [0.05, 0.1) is 0 Å². The lowest BCUT2D eigenvalue weighted by Crippen LogP contribution is -2.33. The highest BCUT2D eigenvalue weighted by atomic mass is 16.1. The molecule has 17 heavy (non-hydrogen) atoms. The van der Waals surface area contributed by atoms with Crippen LogP contribution in [0.15, 0.2) is 10.9 Å². The molecule has 1 aromatic rings. The van der Waals surface area contributed by atoms with Crippen molar-refractivity contribution in [2.24, 2.45) is 0 Å². The predicted molar refractivity (Wildman–Crippen MR) is 69.6 cm³/mol. The Bertz CT molecular complexity index is 439. The molecule has 0 amide bonds. The quantitative estimate of drug-likeness (QED) is 0.810. The van der Waals surface area contributed by atoms with Crippen molar-refractivity contribution in [3.8, 4) is 0 Å². The summed E-state index contributed by atoms with van der Waals surface area (Å²) in [6.45, 7) is 8.31. The second-order valence-corrected chi connectivity index (χ2v) is 5.76. The molecule has 0 aromatic carbocycles. The van der Waals surface area contributed by atoms with Gasteiger partial charge in [0.15, 0.2) is 0 Å². The van der Waals surface area contributed by atoms with E-state index in [9.17, 15) is 4.79 Å². The van der Waals surface area contributed by atoms with Gasteiger partial charge in [-0.05, 0) is 19.3 Å². The maximum atomic E-state index is 11.6. The fourth-order valence-corrected chi connectivity index (χ4v) is 2.13. The lowest BCUT2D eigenvalue weighted by atomic mass is 9.92. The molecule has 0 unspecified atom stereocenters. The lowest BCUT2D eigenvalue weighted by Gasteiger charge is -2.28. The number of hydrogen-bond donors (Lipinski definition) is 1. The van der Waals surface area contributed by atoms with E-state index in [1.807, 2.05) is 6.07 Å². The van der Waals surface area contributed by atoms with Gasteiger partial charge in [0.25, 0.3) is 0 Å². The van der Waals surface area contributed by atoms with E-state index in [1.54, 1.807) is 0 Å². The van der Waals surface area contributed by atoms with Crippen molar-refractivity contribution in [3.05, 3.63) is 22.2 Å². The van der Waals surface area contributed by atoms with Gasteiger partial charge >= 0.3 is 5.69 Å². The molecule has 0 saturated carbocycles. The number of rotatable bonds is 1. The first-order chi connectivity index (χ1) is 7.97. The van der Waals surface area contributed by atoms with E-state index in [2.05, 4.69) is 35.6 Å². The number of piperidine rings is 1. The molecule has 1 aliphatic rings. The second-order valence-electron chi connectivity index (χ2n) is 5.76. The zero-order chi connectivity index (χ0) is 12.5. The van der Waals surface area contributed by atoms with Crippen molar-refractivity contribution < 1.29 is 0 Å². The summed E-state index contributed by atoms with van der Waals surface area (Å²) in [5.41, 5.74) is 0.670. The Morgan fingerprint density at radius 3 is 2.47 bits per heavy atom. The van der Waals surface area contributed by atoms with E-state index < -0.39 is 0 Å². The van der Waals surface area contributed by atoms with Crippen LogP contribution in [0.2, 0.25) is 0 Å². The summed E-state index contributed by atoms with van der Waals surface area (Å²) in [6, 6.07) is 2.02. The summed E-state index contributed by atoms with van der Waals surface area (Å²) >= 11 is 0. The second kappa shape index (κ2) is 4.51. The maximum Gasteiger partial charge on any atom is 0.347 e. The zero-order valence-corrected chi connectivity index (χ0v) is 10.9. The highest BCUT2D eigenvalue weighted by Crippen LogP contribution is 2.23. The van der Waals surface area contributed by atoms with Crippen LogP contribution in [-0.4, -0.2) is 23.1 Å². The van der Waals surface area contributed by atoms with Crippen LogP contribution in [-0.2, 0) is 5.41 Å². The third kappa shape index (κ3) is 2.87. The molecule has 2 rings (SSSR count). The highest BCUT2D eigenvalue weighted by molar-refractivity contribution is 5.40. The summed E-state index contributed by atoms with van der Waals surface area (Å²) in [5.74, 6) is 0.832. The zero-order valence-electron chi connectivity index (χ0n) is 10.9. The molecule has 0 aliphatic carbocycles. The Balaban J connectivity index is 2.34. The molecule has 94 valence electrons. The normalized spacial score (nSPS) is 17.2. The molecule has 0 bridgehead atoms. The average molecular weight is 235 g/mol. The van der Waals surface area contributed by atoms with Crippen LogP contribution in [0.3, 0.4) is 0 Å². The maximum absolute atomic E-state index is 11.6. The molecular formula is C13H21N3O. The number of aromatic nitrogens is 2. The first kappa shape index (κ1) is 12.1. The van der Waals surface area contributed by atoms with Crippen molar-refractivity contribution in [2.75, 3.05) is 18.0 Å². The topological polar surface area (TPSA) is 49.0 Å². The van der Waals surface area contributed by atoms with Crippen LogP contribution >= 0.6 is 0 Å². The number of H-pyrrole nitrogens is 1. The van der Waals surface area contributed by atoms with Crippen LogP contribution in [0.5, 0.6) is 0 Å². The molecule has 4 nitrogen and oxygen atoms in total. The number of anilines is 1. The molecule has 1 aromatic heterocycles. The van der Waals surface area contributed by atoms with E-state index in [-0.39, 0.29) is 11.1 Å². The molecule has 1 N–H and O–H groups in total. The molecule has 1 saturated heterocycles. The summed E-state index contributed by atoms with van der Waals surface area (Å²) in [4.78, 5) is 20.7.